The van der Waals surface area contributed by atoms with Crippen LogP contribution in [0.3, 0.4) is 0 Å². The van der Waals surface area contributed by atoms with Crippen LogP contribution in [0.1, 0.15) is 12.5 Å². The van der Waals surface area contributed by atoms with Crippen LogP contribution >= 0.6 is 0 Å². The number of benzene rings is 1. The van der Waals surface area contributed by atoms with Gasteiger partial charge in [0.2, 0.25) is 6.41 Å². The zero-order valence-corrected chi connectivity index (χ0v) is 8.71. The molecule has 0 aliphatic rings. The zero-order valence-electron chi connectivity index (χ0n) is 8.71. The number of carbonyl (C=O) groups excluding carboxylic acids is 1. The first-order valence-corrected chi connectivity index (χ1v) is 4.65. The van der Waals surface area contributed by atoms with Crippen LogP contribution in [0.25, 0.3) is 0 Å². The number of hydrogen-bond donors (Lipinski definition) is 0. The molecule has 1 aromatic carbocycles. The molecule has 0 heterocycles. The summed E-state index contributed by atoms with van der Waals surface area (Å²) in [5.41, 5.74) is 0.550. The molecule has 0 N–H and O–H groups in total. The van der Waals surface area contributed by atoms with E-state index in [1.54, 1.807) is 7.05 Å². The summed E-state index contributed by atoms with van der Waals surface area (Å²) in [6.07, 6.45) is 1.13. The average Bonchev–Trinajstić information content (AvgIpc) is 2.14. The minimum atomic E-state index is -0.592. The van der Waals surface area contributed by atoms with E-state index in [4.69, 9.17) is 0 Å². The molecular weight excluding hydrogens is 200 g/mol. The predicted molar refractivity (Wildman–Crippen MR) is 53.4 cm³/mol. The lowest BCUT2D eigenvalue weighted by Crippen LogP contribution is -2.29. The predicted octanol–water partition coefficient (Wildman–Crippen LogP) is 1.98. The molecule has 15 heavy (non-hydrogen) atoms. The molecule has 2 nitrogen and oxygen atoms in total. The molecule has 0 saturated heterocycles. The van der Waals surface area contributed by atoms with Gasteiger partial charge in [-0.25, -0.2) is 8.78 Å². The van der Waals surface area contributed by atoms with Gasteiger partial charge in [0.15, 0.2) is 0 Å². The highest BCUT2D eigenvalue weighted by Crippen LogP contribution is 2.11. The number of nitrogens with zero attached hydrogens (tertiary/aromatic N) is 1. The first kappa shape index (κ1) is 11.6. The van der Waals surface area contributed by atoms with Crippen LogP contribution < -0.4 is 0 Å². The normalized spacial score (nSPS) is 12.3. The summed E-state index contributed by atoms with van der Waals surface area (Å²) in [6, 6.07) is 3.30. The number of rotatable bonds is 4. The molecule has 0 radical (unpaired) electrons. The van der Waals surface area contributed by atoms with Crippen molar-refractivity contribution in [2.24, 2.45) is 0 Å². The lowest BCUT2D eigenvalue weighted by Gasteiger charge is -2.20. The Hall–Kier alpha value is -1.45. The Labute approximate surface area is 87.5 Å². The summed E-state index contributed by atoms with van der Waals surface area (Å²) in [4.78, 5) is 11.9. The molecule has 4 heteroatoms. The molecule has 1 rings (SSSR count). The van der Waals surface area contributed by atoms with E-state index in [1.165, 1.54) is 17.0 Å². The molecule has 0 aliphatic heterocycles. The molecular formula is C11H13F2NO. The van der Waals surface area contributed by atoms with Gasteiger partial charge in [-0.05, 0) is 31.0 Å². The second-order valence-electron chi connectivity index (χ2n) is 3.60. The fourth-order valence-electron chi connectivity index (χ4n) is 1.32. The molecule has 0 aromatic heterocycles. The van der Waals surface area contributed by atoms with Crippen molar-refractivity contribution in [2.75, 3.05) is 7.05 Å². The van der Waals surface area contributed by atoms with E-state index in [2.05, 4.69) is 0 Å². The van der Waals surface area contributed by atoms with Gasteiger partial charge in [0.25, 0.3) is 0 Å². The molecule has 1 unspecified atom stereocenters. The third-order valence-electron chi connectivity index (χ3n) is 2.31. The van der Waals surface area contributed by atoms with Crippen LogP contribution in [-0.2, 0) is 11.2 Å². The van der Waals surface area contributed by atoms with Gasteiger partial charge in [-0.15, -0.1) is 0 Å². The highest BCUT2D eigenvalue weighted by atomic mass is 19.1. The Morgan fingerprint density at radius 3 is 2.33 bits per heavy atom. The van der Waals surface area contributed by atoms with Crippen molar-refractivity contribution in [2.45, 2.75) is 19.4 Å². The van der Waals surface area contributed by atoms with E-state index in [9.17, 15) is 13.6 Å². The molecule has 0 saturated carbocycles. The van der Waals surface area contributed by atoms with Gasteiger partial charge in [0.05, 0.1) is 0 Å². The number of carbonyl (C=O) groups is 1. The molecule has 82 valence electrons. The summed E-state index contributed by atoms with van der Waals surface area (Å²) >= 11 is 0. The van der Waals surface area contributed by atoms with Gasteiger partial charge in [-0.1, -0.05) is 0 Å². The number of amides is 1. The molecule has 0 fully saturated rings. The third kappa shape index (κ3) is 3.31. The topological polar surface area (TPSA) is 20.3 Å². The zero-order chi connectivity index (χ0) is 11.4. The molecule has 0 bridgehead atoms. The first-order chi connectivity index (χ1) is 7.02. The summed E-state index contributed by atoms with van der Waals surface area (Å²) < 4.78 is 25.7. The van der Waals surface area contributed by atoms with Gasteiger partial charge in [-0.3, -0.25) is 4.79 Å². The standard InChI is InChI=1S/C11H13F2NO/c1-8(14(2)7-15)3-9-4-10(12)6-11(13)5-9/h4-8H,3H2,1-2H3. The van der Waals surface area contributed by atoms with Crippen molar-refractivity contribution in [1.29, 1.82) is 0 Å². The minimum Gasteiger partial charge on any atom is -0.345 e. The maximum Gasteiger partial charge on any atom is 0.209 e. The van der Waals surface area contributed by atoms with Gasteiger partial charge in [-0.2, -0.15) is 0 Å². The average molecular weight is 213 g/mol. The molecule has 0 aliphatic carbocycles. The van der Waals surface area contributed by atoms with Crippen molar-refractivity contribution >= 4 is 6.41 Å². The Morgan fingerprint density at radius 2 is 1.87 bits per heavy atom. The smallest absolute Gasteiger partial charge is 0.209 e. The summed E-state index contributed by atoms with van der Waals surface area (Å²) in [6.45, 7) is 1.82. The minimum absolute atomic E-state index is 0.0799. The van der Waals surface area contributed by atoms with Crippen LogP contribution in [0.15, 0.2) is 18.2 Å². The Morgan fingerprint density at radius 1 is 1.33 bits per heavy atom. The van der Waals surface area contributed by atoms with Crippen molar-refractivity contribution in [1.82, 2.24) is 4.90 Å². The second-order valence-corrected chi connectivity index (χ2v) is 3.60. The Balaban J connectivity index is 2.76. The quantitative estimate of drug-likeness (QED) is 0.700. The van der Waals surface area contributed by atoms with E-state index in [0.717, 1.165) is 6.07 Å². The number of hydrogen-bond acceptors (Lipinski definition) is 1. The van der Waals surface area contributed by atoms with Crippen molar-refractivity contribution in [3.05, 3.63) is 35.4 Å². The van der Waals surface area contributed by atoms with Crippen molar-refractivity contribution in [3.8, 4) is 0 Å². The van der Waals surface area contributed by atoms with E-state index < -0.39 is 11.6 Å². The van der Waals surface area contributed by atoms with E-state index >= 15 is 0 Å². The van der Waals surface area contributed by atoms with E-state index in [1.807, 2.05) is 6.92 Å². The Bertz CT molecular complexity index is 334. The second kappa shape index (κ2) is 4.87. The maximum absolute atomic E-state index is 12.8. The fourth-order valence-corrected chi connectivity index (χ4v) is 1.32. The lowest BCUT2D eigenvalue weighted by atomic mass is 10.1. The highest BCUT2D eigenvalue weighted by molar-refractivity contribution is 5.47. The highest BCUT2D eigenvalue weighted by Gasteiger charge is 2.09. The molecule has 0 spiro atoms. The van der Waals surface area contributed by atoms with E-state index in [0.29, 0.717) is 18.4 Å². The van der Waals surface area contributed by atoms with Gasteiger partial charge < -0.3 is 4.90 Å². The summed E-state index contributed by atoms with van der Waals surface area (Å²) in [5.74, 6) is -1.18. The molecule has 1 atom stereocenters. The number of halogens is 2. The monoisotopic (exact) mass is 213 g/mol. The van der Waals surface area contributed by atoms with Gasteiger partial charge in [0, 0.05) is 19.2 Å². The van der Waals surface area contributed by atoms with Gasteiger partial charge in [0.1, 0.15) is 11.6 Å². The summed E-state index contributed by atoms with van der Waals surface area (Å²) in [5, 5.41) is 0. The van der Waals surface area contributed by atoms with Crippen LogP contribution in [-0.4, -0.2) is 24.4 Å². The summed E-state index contributed by atoms with van der Waals surface area (Å²) in [7, 11) is 1.63. The van der Waals surface area contributed by atoms with Crippen molar-refractivity contribution < 1.29 is 13.6 Å². The molecule has 1 amide bonds. The first-order valence-electron chi connectivity index (χ1n) is 4.65. The van der Waals surface area contributed by atoms with Crippen LogP contribution in [0.5, 0.6) is 0 Å². The van der Waals surface area contributed by atoms with Crippen molar-refractivity contribution in [3.63, 3.8) is 0 Å². The SMILES string of the molecule is CC(Cc1cc(F)cc(F)c1)N(C)C=O. The fraction of sp³-hybridized carbons (Fsp3) is 0.364. The lowest BCUT2D eigenvalue weighted by molar-refractivity contribution is -0.118. The van der Waals surface area contributed by atoms with Crippen LogP contribution in [0, 0.1) is 11.6 Å². The van der Waals surface area contributed by atoms with E-state index in [-0.39, 0.29) is 6.04 Å². The third-order valence-corrected chi connectivity index (χ3v) is 2.31. The Kier molecular flexibility index (Phi) is 3.77. The maximum atomic E-state index is 12.8. The van der Waals surface area contributed by atoms with Crippen LogP contribution in [0.2, 0.25) is 0 Å². The van der Waals surface area contributed by atoms with Crippen LogP contribution in [0.4, 0.5) is 8.78 Å². The molecule has 1 aromatic rings. The van der Waals surface area contributed by atoms with Gasteiger partial charge >= 0.3 is 0 Å². The number of likely N-dealkylation sites (N-methyl/N-ethyl adjacent to an activating group) is 1. The largest absolute Gasteiger partial charge is 0.345 e.